The maximum Gasteiger partial charge on any atom is 0.273 e. The van der Waals surface area contributed by atoms with Crippen LogP contribution in [0, 0.1) is 6.92 Å². The predicted octanol–water partition coefficient (Wildman–Crippen LogP) is 2.97. The number of nitrogens with one attached hydrogen (secondary N) is 1. The standard InChI is InChI=1S/C12H14ClN3O2S2/c1-8-11(19-12(13)14-8)20(17,18)15-9-5-4-6-10(7-9)16(2)3/h4-7,15H,1-3H3. The SMILES string of the molecule is Cc1nc(Cl)sc1S(=O)(=O)Nc1cccc(N(C)C)c1. The van der Waals surface area contributed by atoms with Crippen LogP contribution in [0.4, 0.5) is 11.4 Å². The molecule has 0 aliphatic carbocycles. The smallest absolute Gasteiger partial charge is 0.273 e. The molecule has 5 nitrogen and oxygen atoms in total. The van der Waals surface area contributed by atoms with Gasteiger partial charge in [0.25, 0.3) is 10.0 Å². The number of benzene rings is 1. The molecule has 20 heavy (non-hydrogen) atoms. The normalized spacial score (nSPS) is 11.4. The van der Waals surface area contributed by atoms with E-state index >= 15 is 0 Å². The maximum atomic E-state index is 12.3. The number of sulfonamides is 1. The average Bonchev–Trinajstić information content (AvgIpc) is 2.69. The Morgan fingerprint density at radius 3 is 2.60 bits per heavy atom. The first-order valence-electron chi connectivity index (χ1n) is 5.73. The summed E-state index contributed by atoms with van der Waals surface area (Å²) in [5, 5.41) is 0. The molecule has 0 fully saturated rings. The summed E-state index contributed by atoms with van der Waals surface area (Å²) in [4.78, 5) is 5.82. The Bertz CT molecular complexity index is 726. The highest BCUT2D eigenvalue weighted by molar-refractivity contribution is 7.94. The second kappa shape index (κ2) is 5.59. The summed E-state index contributed by atoms with van der Waals surface area (Å²) in [6, 6.07) is 7.14. The van der Waals surface area contributed by atoms with Gasteiger partial charge in [-0.3, -0.25) is 4.72 Å². The van der Waals surface area contributed by atoms with Crippen molar-refractivity contribution in [3.05, 3.63) is 34.4 Å². The number of aryl methyl sites for hydroxylation is 1. The molecule has 0 bridgehead atoms. The van der Waals surface area contributed by atoms with Gasteiger partial charge in [-0.25, -0.2) is 13.4 Å². The third-order valence-corrected chi connectivity index (χ3v) is 5.84. The number of hydrogen-bond donors (Lipinski definition) is 1. The fourth-order valence-corrected chi connectivity index (χ4v) is 4.44. The molecule has 1 N–H and O–H groups in total. The zero-order valence-corrected chi connectivity index (χ0v) is 13.6. The van der Waals surface area contributed by atoms with Crippen molar-refractivity contribution in [2.45, 2.75) is 11.1 Å². The van der Waals surface area contributed by atoms with Crippen LogP contribution in [0.5, 0.6) is 0 Å². The topological polar surface area (TPSA) is 62.3 Å². The van der Waals surface area contributed by atoms with Gasteiger partial charge in [-0.15, -0.1) is 0 Å². The number of thiazole rings is 1. The van der Waals surface area contributed by atoms with E-state index in [2.05, 4.69) is 9.71 Å². The van der Waals surface area contributed by atoms with Crippen LogP contribution in [-0.4, -0.2) is 27.5 Å². The number of hydrogen-bond acceptors (Lipinski definition) is 5. The van der Waals surface area contributed by atoms with Crippen LogP contribution in [0.15, 0.2) is 28.5 Å². The van der Waals surface area contributed by atoms with Gasteiger partial charge >= 0.3 is 0 Å². The molecule has 0 saturated carbocycles. The van der Waals surface area contributed by atoms with E-state index < -0.39 is 10.0 Å². The van der Waals surface area contributed by atoms with Crippen LogP contribution in [0.2, 0.25) is 4.47 Å². The van der Waals surface area contributed by atoms with E-state index in [0.717, 1.165) is 17.0 Å². The van der Waals surface area contributed by atoms with Gasteiger partial charge in [0.05, 0.1) is 11.4 Å². The molecule has 1 aromatic heterocycles. The fraction of sp³-hybridized carbons (Fsp3) is 0.250. The molecular formula is C12H14ClN3O2S2. The molecule has 0 saturated heterocycles. The molecule has 0 amide bonds. The summed E-state index contributed by atoms with van der Waals surface area (Å²) >= 11 is 6.69. The number of anilines is 2. The highest BCUT2D eigenvalue weighted by Gasteiger charge is 2.21. The van der Waals surface area contributed by atoms with Crippen molar-refractivity contribution in [3.63, 3.8) is 0 Å². The minimum Gasteiger partial charge on any atom is -0.378 e. The molecule has 0 spiro atoms. The Labute approximate surface area is 127 Å². The molecular weight excluding hydrogens is 318 g/mol. The summed E-state index contributed by atoms with van der Waals surface area (Å²) in [7, 11) is 0.117. The minimum atomic E-state index is -3.66. The van der Waals surface area contributed by atoms with Crippen molar-refractivity contribution in [1.82, 2.24) is 4.98 Å². The quantitative estimate of drug-likeness (QED) is 0.935. The summed E-state index contributed by atoms with van der Waals surface area (Å²) in [5.41, 5.74) is 1.81. The van der Waals surface area contributed by atoms with E-state index in [0.29, 0.717) is 11.4 Å². The van der Waals surface area contributed by atoms with Gasteiger partial charge in [0, 0.05) is 19.8 Å². The summed E-state index contributed by atoms with van der Waals surface area (Å²) in [6.45, 7) is 1.62. The number of nitrogens with zero attached hydrogens (tertiary/aromatic N) is 2. The molecule has 1 heterocycles. The molecule has 1 aromatic carbocycles. The maximum absolute atomic E-state index is 12.3. The Hall–Kier alpha value is -1.31. The average molecular weight is 332 g/mol. The van der Waals surface area contributed by atoms with Gasteiger partial charge in [-0.1, -0.05) is 29.0 Å². The number of rotatable bonds is 4. The minimum absolute atomic E-state index is 0.137. The van der Waals surface area contributed by atoms with Crippen molar-refractivity contribution in [3.8, 4) is 0 Å². The van der Waals surface area contributed by atoms with Crippen LogP contribution in [0.3, 0.4) is 0 Å². The van der Waals surface area contributed by atoms with Crippen LogP contribution >= 0.6 is 22.9 Å². The summed E-state index contributed by atoms with van der Waals surface area (Å²) < 4.78 is 27.5. The molecule has 0 atom stereocenters. The molecule has 108 valence electrons. The van der Waals surface area contributed by atoms with E-state index in [-0.39, 0.29) is 8.68 Å². The lowest BCUT2D eigenvalue weighted by atomic mass is 10.3. The lowest BCUT2D eigenvalue weighted by Crippen LogP contribution is -2.14. The van der Waals surface area contributed by atoms with Crippen molar-refractivity contribution in [2.24, 2.45) is 0 Å². The zero-order valence-electron chi connectivity index (χ0n) is 11.2. The van der Waals surface area contributed by atoms with Gasteiger partial charge in [-0.05, 0) is 25.1 Å². The van der Waals surface area contributed by atoms with Crippen LogP contribution in [0.1, 0.15) is 5.69 Å². The van der Waals surface area contributed by atoms with E-state index in [9.17, 15) is 8.42 Å². The molecule has 0 unspecified atom stereocenters. The van der Waals surface area contributed by atoms with E-state index in [4.69, 9.17) is 11.6 Å². The van der Waals surface area contributed by atoms with Gasteiger partial charge in [-0.2, -0.15) is 0 Å². The second-order valence-electron chi connectivity index (χ2n) is 4.39. The van der Waals surface area contributed by atoms with E-state index in [1.807, 2.05) is 25.1 Å². The largest absolute Gasteiger partial charge is 0.378 e. The van der Waals surface area contributed by atoms with Crippen LogP contribution in [-0.2, 0) is 10.0 Å². The highest BCUT2D eigenvalue weighted by atomic mass is 35.5. The molecule has 8 heteroatoms. The second-order valence-corrected chi connectivity index (χ2v) is 7.85. The van der Waals surface area contributed by atoms with E-state index in [1.54, 1.807) is 25.1 Å². The van der Waals surface area contributed by atoms with Crippen LogP contribution in [0.25, 0.3) is 0 Å². The number of aromatic nitrogens is 1. The molecule has 0 aliphatic rings. The van der Waals surface area contributed by atoms with Gasteiger partial charge in [0.15, 0.2) is 8.68 Å². The lowest BCUT2D eigenvalue weighted by molar-refractivity contribution is 0.602. The van der Waals surface area contributed by atoms with Crippen molar-refractivity contribution in [2.75, 3.05) is 23.7 Å². The van der Waals surface area contributed by atoms with Gasteiger partial charge < -0.3 is 4.90 Å². The highest BCUT2D eigenvalue weighted by Crippen LogP contribution is 2.29. The molecule has 0 aliphatic heterocycles. The van der Waals surface area contributed by atoms with E-state index in [1.165, 1.54) is 0 Å². The molecule has 2 aromatic rings. The fourth-order valence-electron chi connectivity index (χ4n) is 1.65. The Kier molecular flexibility index (Phi) is 4.22. The lowest BCUT2D eigenvalue weighted by Gasteiger charge is -2.14. The molecule has 0 radical (unpaired) electrons. The Morgan fingerprint density at radius 1 is 1.35 bits per heavy atom. The summed E-state index contributed by atoms with van der Waals surface area (Å²) in [6.07, 6.45) is 0. The third-order valence-electron chi connectivity index (χ3n) is 2.59. The molecule has 2 rings (SSSR count). The first-order valence-corrected chi connectivity index (χ1v) is 8.40. The summed E-state index contributed by atoms with van der Waals surface area (Å²) in [5.74, 6) is 0. The monoisotopic (exact) mass is 331 g/mol. The van der Waals surface area contributed by atoms with Crippen molar-refractivity contribution >= 4 is 44.3 Å². The van der Waals surface area contributed by atoms with Gasteiger partial charge in [0.2, 0.25) is 0 Å². The predicted molar refractivity (Wildman–Crippen MR) is 83.4 cm³/mol. The Morgan fingerprint density at radius 2 is 2.05 bits per heavy atom. The number of halogens is 1. The van der Waals surface area contributed by atoms with Crippen molar-refractivity contribution < 1.29 is 8.42 Å². The first kappa shape index (κ1) is 15.1. The van der Waals surface area contributed by atoms with Crippen LogP contribution < -0.4 is 9.62 Å². The Balaban J connectivity index is 2.33. The van der Waals surface area contributed by atoms with Crippen molar-refractivity contribution in [1.29, 1.82) is 0 Å². The zero-order chi connectivity index (χ0) is 14.9. The first-order chi connectivity index (χ1) is 9.29. The van der Waals surface area contributed by atoms with Gasteiger partial charge in [0.1, 0.15) is 0 Å². The third kappa shape index (κ3) is 3.23.